The number of carbonyl (C=O) groups is 1. The second-order valence-corrected chi connectivity index (χ2v) is 8.24. The Morgan fingerprint density at radius 1 is 1.13 bits per heavy atom. The Balaban J connectivity index is 1.30. The number of ether oxygens (including phenoxy) is 1. The summed E-state index contributed by atoms with van der Waals surface area (Å²) in [5.74, 6) is 1.43. The molecule has 1 aliphatic rings. The Bertz CT molecular complexity index is 1020. The number of amides is 1. The third-order valence-corrected chi connectivity index (χ3v) is 6.08. The molecule has 0 saturated carbocycles. The van der Waals surface area contributed by atoms with E-state index in [0.717, 1.165) is 53.5 Å². The van der Waals surface area contributed by atoms with Crippen LogP contribution in [0.5, 0.6) is 5.75 Å². The summed E-state index contributed by atoms with van der Waals surface area (Å²) in [7, 11) is 0. The summed E-state index contributed by atoms with van der Waals surface area (Å²) >= 11 is 1.57. The molecule has 1 N–H and O–H groups in total. The van der Waals surface area contributed by atoms with Crippen LogP contribution in [-0.2, 0) is 19.4 Å². The molecule has 0 spiro atoms. The Morgan fingerprint density at radius 2 is 1.97 bits per heavy atom. The van der Waals surface area contributed by atoms with Gasteiger partial charge in [-0.15, -0.1) is 11.8 Å². The molecule has 0 aliphatic carbocycles. The van der Waals surface area contributed by atoms with Crippen molar-refractivity contribution in [2.75, 3.05) is 12.4 Å². The molecule has 1 amide bonds. The number of nitrogens with zero attached hydrogens (tertiary/aromatic N) is 1. The third kappa shape index (κ3) is 5.19. The number of benzene rings is 2. The van der Waals surface area contributed by atoms with Crippen molar-refractivity contribution in [3.05, 3.63) is 88.9 Å². The molecule has 30 heavy (non-hydrogen) atoms. The fraction of sp³-hybridized carbons (Fsp3) is 0.250. The number of hydrogen-bond acceptors (Lipinski definition) is 4. The second-order valence-electron chi connectivity index (χ2n) is 7.16. The van der Waals surface area contributed by atoms with Gasteiger partial charge in [-0.2, -0.15) is 0 Å². The molecule has 0 fully saturated rings. The summed E-state index contributed by atoms with van der Waals surface area (Å²) in [6.45, 7) is 1.19. The maximum absolute atomic E-state index is 13.0. The number of halogens is 1. The quantitative estimate of drug-likeness (QED) is 0.418. The number of carbonyl (C=O) groups excluding carboxylic acids is 1. The first kappa shape index (κ1) is 20.4. The standard InChI is InChI=1S/C24H23FN2O2S/c25-20-8-5-17(6-9-20)3-2-14-30-24-21(4-1-12-26-24)23(28)27-16-18-7-10-22-19(15-18)11-13-29-22/h1,4-10,12,15H,2-3,11,13-14,16H2,(H,27,28). The number of pyridine rings is 1. The smallest absolute Gasteiger partial charge is 0.254 e. The van der Waals surface area contributed by atoms with Gasteiger partial charge in [0.2, 0.25) is 0 Å². The number of hydrogen-bond donors (Lipinski definition) is 1. The van der Waals surface area contributed by atoms with Crippen LogP contribution in [0.25, 0.3) is 0 Å². The average Bonchev–Trinajstić information content (AvgIpc) is 3.24. The average molecular weight is 423 g/mol. The number of fused-ring (bicyclic) bond motifs is 1. The monoisotopic (exact) mass is 422 g/mol. The minimum atomic E-state index is -0.217. The largest absolute Gasteiger partial charge is 0.493 e. The van der Waals surface area contributed by atoms with Crippen LogP contribution in [0.2, 0.25) is 0 Å². The fourth-order valence-electron chi connectivity index (χ4n) is 3.40. The second kappa shape index (κ2) is 9.76. The Kier molecular flexibility index (Phi) is 6.64. The van der Waals surface area contributed by atoms with Crippen LogP contribution in [0.4, 0.5) is 4.39 Å². The lowest BCUT2D eigenvalue weighted by Crippen LogP contribution is -2.23. The first-order valence-corrected chi connectivity index (χ1v) is 11.0. The molecular formula is C24H23FN2O2S. The lowest BCUT2D eigenvalue weighted by molar-refractivity contribution is 0.0947. The highest BCUT2D eigenvalue weighted by Gasteiger charge is 2.15. The van der Waals surface area contributed by atoms with Gasteiger partial charge in [-0.3, -0.25) is 4.79 Å². The van der Waals surface area contributed by atoms with E-state index in [1.165, 1.54) is 17.7 Å². The number of nitrogens with one attached hydrogen (secondary N) is 1. The van der Waals surface area contributed by atoms with Crippen molar-refractivity contribution in [1.29, 1.82) is 0 Å². The van der Waals surface area contributed by atoms with Crippen molar-refractivity contribution < 1.29 is 13.9 Å². The first-order chi connectivity index (χ1) is 14.7. The van der Waals surface area contributed by atoms with Crippen LogP contribution in [0, 0.1) is 5.82 Å². The van der Waals surface area contributed by atoms with Gasteiger partial charge in [0.05, 0.1) is 12.2 Å². The molecule has 1 aromatic heterocycles. The van der Waals surface area contributed by atoms with Crippen molar-refractivity contribution in [2.45, 2.75) is 30.8 Å². The van der Waals surface area contributed by atoms with Crippen LogP contribution in [-0.4, -0.2) is 23.3 Å². The van der Waals surface area contributed by atoms with Crippen molar-refractivity contribution in [3.8, 4) is 5.75 Å². The van der Waals surface area contributed by atoms with Crippen LogP contribution in [0.15, 0.2) is 65.8 Å². The number of aryl methyl sites for hydroxylation is 1. The molecule has 0 radical (unpaired) electrons. The molecule has 3 aromatic rings. The van der Waals surface area contributed by atoms with Gasteiger partial charge in [-0.1, -0.05) is 24.3 Å². The Labute approximate surface area is 179 Å². The lowest BCUT2D eigenvalue weighted by Gasteiger charge is -2.10. The van der Waals surface area contributed by atoms with Gasteiger partial charge in [-0.25, -0.2) is 9.37 Å². The minimum absolute atomic E-state index is 0.124. The SMILES string of the molecule is O=C(NCc1ccc2c(c1)CCO2)c1cccnc1SCCCc1ccc(F)cc1. The topological polar surface area (TPSA) is 51.2 Å². The Morgan fingerprint density at radius 3 is 2.83 bits per heavy atom. The summed E-state index contributed by atoms with van der Waals surface area (Å²) in [5, 5.41) is 3.73. The van der Waals surface area contributed by atoms with Crippen molar-refractivity contribution in [2.24, 2.45) is 0 Å². The van der Waals surface area contributed by atoms with Crippen LogP contribution < -0.4 is 10.1 Å². The molecule has 0 atom stereocenters. The van der Waals surface area contributed by atoms with E-state index in [4.69, 9.17) is 4.74 Å². The highest BCUT2D eigenvalue weighted by atomic mass is 32.2. The zero-order valence-corrected chi connectivity index (χ0v) is 17.4. The van der Waals surface area contributed by atoms with Gasteiger partial charge in [0.25, 0.3) is 5.91 Å². The molecule has 4 rings (SSSR count). The number of aromatic nitrogens is 1. The van der Waals surface area contributed by atoms with E-state index in [2.05, 4.69) is 16.4 Å². The van der Waals surface area contributed by atoms with Crippen LogP contribution in [0.3, 0.4) is 0 Å². The maximum atomic E-state index is 13.0. The summed E-state index contributed by atoms with van der Waals surface area (Å²) in [6, 6.07) is 16.2. The van der Waals surface area contributed by atoms with Crippen molar-refractivity contribution in [3.63, 3.8) is 0 Å². The highest BCUT2D eigenvalue weighted by molar-refractivity contribution is 7.99. The zero-order valence-electron chi connectivity index (χ0n) is 16.6. The van der Waals surface area contributed by atoms with E-state index in [-0.39, 0.29) is 11.7 Å². The first-order valence-electron chi connectivity index (χ1n) is 10.0. The van der Waals surface area contributed by atoms with Gasteiger partial charge < -0.3 is 10.1 Å². The normalized spacial score (nSPS) is 12.3. The third-order valence-electron chi connectivity index (χ3n) is 4.98. The summed E-state index contributed by atoms with van der Waals surface area (Å²) in [5.41, 5.74) is 3.95. The van der Waals surface area contributed by atoms with Crippen molar-refractivity contribution >= 4 is 17.7 Å². The van der Waals surface area contributed by atoms with Gasteiger partial charge in [0.15, 0.2) is 0 Å². The molecule has 0 saturated heterocycles. The van der Waals surface area contributed by atoms with E-state index >= 15 is 0 Å². The van der Waals surface area contributed by atoms with Crippen LogP contribution >= 0.6 is 11.8 Å². The maximum Gasteiger partial charge on any atom is 0.254 e. The van der Waals surface area contributed by atoms with E-state index in [0.29, 0.717) is 12.1 Å². The predicted molar refractivity (Wildman–Crippen MR) is 116 cm³/mol. The molecule has 2 aromatic carbocycles. The molecule has 4 nitrogen and oxygen atoms in total. The molecule has 1 aliphatic heterocycles. The lowest BCUT2D eigenvalue weighted by atomic mass is 10.1. The molecule has 0 bridgehead atoms. The molecular weight excluding hydrogens is 399 g/mol. The molecule has 2 heterocycles. The summed E-state index contributed by atoms with van der Waals surface area (Å²) in [6.07, 6.45) is 4.41. The van der Waals surface area contributed by atoms with Gasteiger partial charge in [-0.05, 0) is 65.6 Å². The fourth-order valence-corrected chi connectivity index (χ4v) is 4.34. The number of rotatable bonds is 8. The van der Waals surface area contributed by atoms with E-state index < -0.39 is 0 Å². The Hall–Kier alpha value is -2.86. The minimum Gasteiger partial charge on any atom is -0.493 e. The van der Waals surface area contributed by atoms with E-state index in [1.807, 2.05) is 24.3 Å². The number of thioether (sulfide) groups is 1. The summed E-state index contributed by atoms with van der Waals surface area (Å²) < 4.78 is 18.5. The van der Waals surface area contributed by atoms with E-state index in [1.54, 1.807) is 30.1 Å². The van der Waals surface area contributed by atoms with Gasteiger partial charge in [0.1, 0.15) is 16.6 Å². The zero-order chi connectivity index (χ0) is 20.8. The summed E-state index contributed by atoms with van der Waals surface area (Å²) in [4.78, 5) is 17.1. The van der Waals surface area contributed by atoms with Crippen molar-refractivity contribution in [1.82, 2.24) is 10.3 Å². The van der Waals surface area contributed by atoms with E-state index in [9.17, 15) is 9.18 Å². The van der Waals surface area contributed by atoms with Crippen LogP contribution in [0.1, 0.15) is 33.5 Å². The molecule has 0 unspecified atom stereocenters. The molecule has 6 heteroatoms. The molecule has 154 valence electrons. The highest BCUT2D eigenvalue weighted by Crippen LogP contribution is 2.26. The van der Waals surface area contributed by atoms with Gasteiger partial charge in [0, 0.05) is 19.2 Å². The van der Waals surface area contributed by atoms with Gasteiger partial charge >= 0.3 is 0 Å². The predicted octanol–water partition coefficient (Wildman–Crippen LogP) is 4.81.